The molecule has 90 valence electrons. The monoisotopic (exact) mass is 274 g/mol. The maximum Gasteiger partial charge on any atom is 0.187 e. The standard InChI is InChI=1S/C12H10N4S2/c13-11(14)10-6-7-8(2-1-3-9(7)18-10)16-12-15-4-5-17-12/h1-6H,(H3,13,14)(H,15,16). The third kappa shape index (κ3) is 1.96. The number of thiophene rings is 1. The van der Waals surface area contributed by atoms with Crippen LogP contribution in [-0.4, -0.2) is 10.8 Å². The quantitative estimate of drug-likeness (QED) is 0.506. The predicted molar refractivity (Wildman–Crippen MR) is 78.2 cm³/mol. The zero-order valence-electron chi connectivity index (χ0n) is 9.31. The number of nitrogens with one attached hydrogen (secondary N) is 2. The molecule has 3 rings (SSSR count). The largest absolute Gasteiger partial charge is 0.383 e. The second-order valence-electron chi connectivity index (χ2n) is 3.70. The zero-order valence-corrected chi connectivity index (χ0v) is 10.9. The third-order valence-corrected chi connectivity index (χ3v) is 4.32. The molecule has 2 aromatic heterocycles. The van der Waals surface area contributed by atoms with Crippen LogP contribution in [0.5, 0.6) is 0 Å². The number of benzene rings is 1. The molecule has 0 atom stereocenters. The summed E-state index contributed by atoms with van der Waals surface area (Å²) in [5.41, 5.74) is 6.52. The Hall–Kier alpha value is -1.92. The molecule has 2 heterocycles. The van der Waals surface area contributed by atoms with Crippen molar-refractivity contribution in [3.63, 3.8) is 0 Å². The van der Waals surface area contributed by atoms with E-state index < -0.39 is 0 Å². The molecule has 0 aliphatic rings. The first kappa shape index (κ1) is 11.2. The fraction of sp³-hybridized carbons (Fsp3) is 0. The van der Waals surface area contributed by atoms with Gasteiger partial charge in [0.2, 0.25) is 0 Å². The van der Waals surface area contributed by atoms with Crippen LogP contribution in [0.2, 0.25) is 0 Å². The van der Waals surface area contributed by atoms with Crippen LogP contribution in [0, 0.1) is 5.41 Å². The van der Waals surface area contributed by atoms with Gasteiger partial charge in [-0.05, 0) is 18.2 Å². The molecule has 0 amide bonds. The smallest absolute Gasteiger partial charge is 0.187 e. The molecule has 0 radical (unpaired) electrons. The Balaban J connectivity index is 2.08. The predicted octanol–water partition coefficient (Wildman–Crippen LogP) is 3.39. The first-order valence-corrected chi connectivity index (χ1v) is 6.97. The molecule has 18 heavy (non-hydrogen) atoms. The summed E-state index contributed by atoms with van der Waals surface area (Å²) >= 11 is 3.08. The Kier molecular flexibility index (Phi) is 2.73. The highest BCUT2D eigenvalue weighted by Gasteiger charge is 2.08. The van der Waals surface area contributed by atoms with Crippen LogP contribution < -0.4 is 11.1 Å². The van der Waals surface area contributed by atoms with Crippen molar-refractivity contribution in [2.24, 2.45) is 5.73 Å². The fourth-order valence-electron chi connectivity index (χ4n) is 1.70. The van der Waals surface area contributed by atoms with Gasteiger partial charge in [0.15, 0.2) is 5.13 Å². The van der Waals surface area contributed by atoms with E-state index in [1.165, 1.54) is 11.3 Å². The van der Waals surface area contributed by atoms with E-state index in [4.69, 9.17) is 11.1 Å². The van der Waals surface area contributed by atoms with Crippen LogP contribution in [-0.2, 0) is 0 Å². The Morgan fingerprint density at radius 1 is 1.39 bits per heavy atom. The van der Waals surface area contributed by atoms with Gasteiger partial charge in [0.05, 0.1) is 4.88 Å². The van der Waals surface area contributed by atoms with Crippen molar-refractivity contribution < 1.29 is 0 Å². The number of rotatable bonds is 3. The lowest BCUT2D eigenvalue weighted by molar-refractivity contribution is 1.40. The first-order chi connectivity index (χ1) is 8.74. The summed E-state index contributed by atoms with van der Waals surface area (Å²) in [5, 5.41) is 14.6. The van der Waals surface area contributed by atoms with Crippen LogP contribution in [0.3, 0.4) is 0 Å². The van der Waals surface area contributed by atoms with Crippen LogP contribution in [0.1, 0.15) is 4.88 Å². The highest BCUT2D eigenvalue weighted by Crippen LogP contribution is 2.33. The van der Waals surface area contributed by atoms with Gasteiger partial charge in [0.1, 0.15) is 5.84 Å². The van der Waals surface area contributed by atoms with E-state index in [0.29, 0.717) is 0 Å². The number of anilines is 2. The molecule has 4 nitrogen and oxygen atoms in total. The molecule has 0 aliphatic carbocycles. The molecule has 0 bridgehead atoms. The number of nitrogen functional groups attached to an aromatic ring is 1. The van der Waals surface area contributed by atoms with Gasteiger partial charge in [0, 0.05) is 27.4 Å². The topological polar surface area (TPSA) is 74.8 Å². The average Bonchev–Trinajstić information content (AvgIpc) is 2.97. The number of fused-ring (bicyclic) bond motifs is 1. The molecular weight excluding hydrogens is 264 g/mol. The molecule has 3 aromatic rings. The first-order valence-electron chi connectivity index (χ1n) is 5.27. The SMILES string of the molecule is N=C(N)c1cc2c(Nc3nccs3)cccc2s1. The number of nitrogens with zero attached hydrogens (tertiary/aromatic N) is 1. The molecule has 4 N–H and O–H groups in total. The molecule has 6 heteroatoms. The van der Waals surface area contributed by atoms with E-state index in [1.807, 2.05) is 29.6 Å². The summed E-state index contributed by atoms with van der Waals surface area (Å²) in [6.45, 7) is 0. The average molecular weight is 274 g/mol. The van der Waals surface area contributed by atoms with Gasteiger partial charge >= 0.3 is 0 Å². The Morgan fingerprint density at radius 3 is 3.00 bits per heavy atom. The number of thiazole rings is 1. The molecule has 0 spiro atoms. The Morgan fingerprint density at radius 2 is 2.28 bits per heavy atom. The Bertz CT molecular complexity index is 700. The molecule has 0 fully saturated rings. The van der Waals surface area contributed by atoms with E-state index in [0.717, 1.165) is 25.8 Å². The van der Waals surface area contributed by atoms with Crippen molar-refractivity contribution in [3.05, 3.63) is 40.7 Å². The Labute approximate surface area is 112 Å². The molecule has 0 aliphatic heterocycles. The number of aromatic nitrogens is 1. The normalized spacial score (nSPS) is 10.7. The summed E-state index contributed by atoms with van der Waals surface area (Å²) in [6, 6.07) is 7.96. The number of amidine groups is 1. The molecule has 0 saturated heterocycles. The molecule has 0 saturated carbocycles. The molecule has 0 unspecified atom stereocenters. The lowest BCUT2D eigenvalue weighted by atomic mass is 10.2. The van der Waals surface area contributed by atoms with Crippen LogP contribution >= 0.6 is 22.7 Å². The minimum Gasteiger partial charge on any atom is -0.383 e. The number of hydrogen-bond acceptors (Lipinski definition) is 5. The van der Waals surface area contributed by atoms with E-state index in [2.05, 4.69) is 10.3 Å². The van der Waals surface area contributed by atoms with Crippen molar-refractivity contribution in [1.29, 1.82) is 5.41 Å². The summed E-state index contributed by atoms with van der Waals surface area (Å²) < 4.78 is 1.11. The second kappa shape index (κ2) is 4.40. The van der Waals surface area contributed by atoms with Crippen molar-refractivity contribution in [3.8, 4) is 0 Å². The summed E-state index contributed by atoms with van der Waals surface area (Å²) in [4.78, 5) is 4.99. The minimum absolute atomic E-state index is 0.108. The lowest BCUT2D eigenvalue weighted by Gasteiger charge is -2.03. The maximum absolute atomic E-state index is 7.49. The van der Waals surface area contributed by atoms with Crippen molar-refractivity contribution in [2.75, 3.05) is 5.32 Å². The van der Waals surface area contributed by atoms with Gasteiger partial charge in [-0.1, -0.05) is 6.07 Å². The minimum atomic E-state index is 0.108. The third-order valence-electron chi connectivity index (χ3n) is 2.50. The zero-order chi connectivity index (χ0) is 12.5. The summed E-state index contributed by atoms with van der Waals surface area (Å²) in [5.74, 6) is 0.108. The van der Waals surface area contributed by atoms with Gasteiger partial charge in [-0.2, -0.15) is 0 Å². The van der Waals surface area contributed by atoms with Crippen LogP contribution in [0.25, 0.3) is 10.1 Å². The van der Waals surface area contributed by atoms with Crippen LogP contribution in [0.15, 0.2) is 35.8 Å². The van der Waals surface area contributed by atoms with Gasteiger partial charge in [-0.15, -0.1) is 22.7 Å². The number of nitrogens with two attached hydrogens (primary N) is 1. The summed E-state index contributed by atoms with van der Waals surface area (Å²) in [7, 11) is 0. The fourth-order valence-corrected chi connectivity index (χ4v) is 3.19. The van der Waals surface area contributed by atoms with Gasteiger partial charge in [0.25, 0.3) is 0 Å². The lowest BCUT2D eigenvalue weighted by Crippen LogP contribution is -2.08. The molecule has 1 aromatic carbocycles. The van der Waals surface area contributed by atoms with Gasteiger partial charge in [-0.3, -0.25) is 5.41 Å². The van der Waals surface area contributed by atoms with E-state index in [-0.39, 0.29) is 5.84 Å². The van der Waals surface area contributed by atoms with E-state index in [9.17, 15) is 0 Å². The van der Waals surface area contributed by atoms with Crippen LogP contribution in [0.4, 0.5) is 10.8 Å². The van der Waals surface area contributed by atoms with Crippen molar-refractivity contribution in [1.82, 2.24) is 4.98 Å². The highest BCUT2D eigenvalue weighted by molar-refractivity contribution is 7.21. The van der Waals surface area contributed by atoms with Crippen molar-refractivity contribution in [2.45, 2.75) is 0 Å². The van der Waals surface area contributed by atoms with E-state index >= 15 is 0 Å². The highest BCUT2D eigenvalue weighted by atomic mass is 32.1. The number of hydrogen-bond donors (Lipinski definition) is 3. The van der Waals surface area contributed by atoms with Gasteiger partial charge in [-0.25, -0.2) is 4.98 Å². The van der Waals surface area contributed by atoms with Crippen molar-refractivity contribution >= 4 is 49.4 Å². The van der Waals surface area contributed by atoms with E-state index in [1.54, 1.807) is 17.5 Å². The maximum atomic E-state index is 7.49. The molecular formula is C12H10N4S2. The second-order valence-corrected chi connectivity index (χ2v) is 5.68. The van der Waals surface area contributed by atoms with Gasteiger partial charge < -0.3 is 11.1 Å². The summed E-state index contributed by atoms with van der Waals surface area (Å²) in [6.07, 6.45) is 1.77.